The Labute approximate surface area is 231 Å². The van der Waals surface area contributed by atoms with Crippen molar-refractivity contribution in [3.05, 3.63) is 99.7 Å². The van der Waals surface area contributed by atoms with Crippen LogP contribution in [0, 0.1) is 0 Å². The Morgan fingerprint density at radius 3 is 2.85 bits per heavy atom. The summed E-state index contributed by atoms with van der Waals surface area (Å²) in [6, 6.07) is 14.6. The number of pyridine rings is 1. The Morgan fingerprint density at radius 2 is 2.02 bits per heavy atom. The molecule has 1 aliphatic rings. The molecule has 0 spiro atoms. The maximum atomic E-state index is 13.5. The van der Waals surface area contributed by atoms with Gasteiger partial charge in [-0.25, -0.2) is 4.98 Å². The van der Waals surface area contributed by atoms with Gasteiger partial charge >= 0.3 is 5.97 Å². The summed E-state index contributed by atoms with van der Waals surface area (Å²) in [5.74, 6) is -0.165. The largest absolute Gasteiger partial charge is 0.481 e. The molecular formula is C28H21ClN8O3. The van der Waals surface area contributed by atoms with Gasteiger partial charge in [0.1, 0.15) is 12.2 Å². The highest BCUT2D eigenvalue weighted by atomic mass is 35.5. The van der Waals surface area contributed by atoms with Crippen LogP contribution in [0.25, 0.3) is 39.0 Å². The Bertz CT molecular complexity index is 1970. The predicted octanol–water partition coefficient (Wildman–Crippen LogP) is 4.18. The van der Waals surface area contributed by atoms with Crippen LogP contribution in [-0.2, 0) is 17.6 Å². The standard InChI is InChI=1S/C28H21ClN8O3/c29-18-2-5-24(36-14-32-34-35-36)21(11-18)16-7-19-3-6-25(37(19)26(38)9-16)28-31-13-23(33-28)15-1-4-20-17(10-27(39)40)12-30-22(20)8-15/h1-2,4-5,7-9,11-14,25,30H,3,6,10H2,(H,31,33)(H,39,40)/t25-/m0/s1. The number of carboxylic acids is 1. The molecule has 0 bridgehead atoms. The van der Waals surface area contributed by atoms with E-state index >= 15 is 0 Å². The smallest absolute Gasteiger partial charge is 0.307 e. The van der Waals surface area contributed by atoms with E-state index < -0.39 is 5.97 Å². The first-order valence-corrected chi connectivity index (χ1v) is 13.0. The summed E-state index contributed by atoms with van der Waals surface area (Å²) in [6.45, 7) is 0. The van der Waals surface area contributed by atoms with Gasteiger partial charge in [-0.1, -0.05) is 23.7 Å². The molecule has 12 heteroatoms. The van der Waals surface area contributed by atoms with E-state index in [1.807, 2.05) is 30.3 Å². The minimum Gasteiger partial charge on any atom is -0.481 e. The molecule has 0 amide bonds. The zero-order valence-electron chi connectivity index (χ0n) is 20.9. The van der Waals surface area contributed by atoms with E-state index in [-0.39, 0.29) is 18.0 Å². The maximum Gasteiger partial charge on any atom is 0.307 e. The summed E-state index contributed by atoms with van der Waals surface area (Å²) in [7, 11) is 0. The van der Waals surface area contributed by atoms with Crippen LogP contribution >= 0.6 is 11.6 Å². The zero-order valence-corrected chi connectivity index (χ0v) is 21.6. The van der Waals surface area contributed by atoms with Crippen molar-refractivity contribution < 1.29 is 9.90 Å². The highest BCUT2D eigenvalue weighted by molar-refractivity contribution is 6.31. The van der Waals surface area contributed by atoms with E-state index in [4.69, 9.17) is 16.7 Å². The van der Waals surface area contributed by atoms with E-state index in [0.717, 1.165) is 56.7 Å². The molecular weight excluding hydrogens is 532 g/mol. The molecule has 0 unspecified atom stereocenters. The van der Waals surface area contributed by atoms with Crippen molar-refractivity contribution in [3.63, 3.8) is 0 Å². The van der Waals surface area contributed by atoms with Gasteiger partial charge in [-0.3, -0.25) is 9.59 Å². The lowest BCUT2D eigenvalue weighted by Crippen LogP contribution is -2.23. The third-order valence-corrected chi connectivity index (χ3v) is 7.57. The molecule has 40 heavy (non-hydrogen) atoms. The van der Waals surface area contributed by atoms with Crippen LogP contribution in [0.3, 0.4) is 0 Å². The Hall–Kier alpha value is -5.03. The molecule has 0 saturated heterocycles. The summed E-state index contributed by atoms with van der Waals surface area (Å²) in [4.78, 5) is 35.8. The summed E-state index contributed by atoms with van der Waals surface area (Å²) < 4.78 is 3.33. The lowest BCUT2D eigenvalue weighted by molar-refractivity contribution is -0.136. The number of aliphatic carboxylic acids is 1. The molecule has 7 rings (SSSR count). The van der Waals surface area contributed by atoms with Crippen LogP contribution in [-0.4, -0.2) is 50.8 Å². The number of fused-ring (bicyclic) bond motifs is 2. The second kappa shape index (κ2) is 9.31. The molecule has 3 N–H and O–H groups in total. The molecule has 1 atom stereocenters. The lowest BCUT2D eigenvalue weighted by atomic mass is 10.0. The highest BCUT2D eigenvalue weighted by Crippen LogP contribution is 2.34. The zero-order chi connectivity index (χ0) is 27.4. The van der Waals surface area contributed by atoms with Crippen molar-refractivity contribution in [2.75, 3.05) is 0 Å². The number of benzene rings is 2. The molecule has 0 saturated carbocycles. The Kier molecular flexibility index (Phi) is 5.60. The number of hydrogen-bond acceptors (Lipinski definition) is 6. The highest BCUT2D eigenvalue weighted by Gasteiger charge is 2.28. The SMILES string of the molecule is O=C(O)Cc1c[nH]c2cc(-c3cnc([C@@H]4CCc5cc(-c6cc(Cl)ccc6-n6cnnn6)cc(=O)n54)[nH]3)ccc12. The predicted molar refractivity (Wildman–Crippen MR) is 148 cm³/mol. The fourth-order valence-electron chi connectivity index (χ4n) is 5.54. The fraction of sp³-hybridized carbons (Fsp3) is 0.143. The molecule has 4 aromatic heterocycles. The topological polar surface area (TPSA) is 147 Å². The number of aromatic nitrogens is 8. The Morgan fingerprint density at radius 1 is 1.12 bits per heavy atom. The van der Waals surface area contributed by atoms with Crippen LogP contribution in [0.2, 0.25) is 5.02 Å². The van der Waals surface area contributed by atoms with E-state index in [9.17, 15) is 9.59 Å². The van der Waals surface area contributed by atoms with E-state index in [2.05, 4.69) is 30.5 Å². The van der Waals surface area contributed by atoms with Crippen molar-refractivity contribution >= 4 is 28.5 Å². The summed E-state index contributed by atoms with van der Waals surface area (Å²) >= 11 is 6.31. The van der Waals surface area contributed by atoms with Crippen molar-refractivity contribution in [1.82, 2.24) is 39.7 Å². The molecule has 0 radical (unpaired) electrons. The Balaban J connectivity index is 1.21. The van der Waals surface area contributed by atoms with Crippen LogP contribution in [0.5, 0.6) is 0 Å². The number of carboxylic acid groups (broad SMARTS) is 1. The molecule has 198 valence electrons. The lowest BCUT2D eigenvalue weighted by Gasteiger charge is -2.15. The van der Waals surface area contributed by atoms with Gasteiger partial charge in [0.25, 0.3) is 5.56 Å². The third kappa shape index (κ3) is 4.07. The van der Waals surface area contributed by atoms with E-state index in [0.29, 0.717) is 17.3 Å². The molecule has 0 fully saturated rings. The third-order valence-electron chi connectivity index (χ3n) is 7.33. The van der Waals surface area contributed by atoms with Crippen LogP contribution in [0.15, 0.2) is 72.0 Å². The van der Waals surface area contributed by atoms with Gasteiger partial charge in [-0.2, -0.15) is 4.68 Å². The molecule has 2 aromatic carbocycles. The second-order valence-electron chi connectivity index (χ2n) is 9.74. The number of tetrazole rings is 1. The quantitative estimate of drug-likeness (QED) is 0.281. The van der Waals surface area contributed by atoms with Gasteiger partial charge in [0.15, 0.2) is 0 Å². The first-order chi connectivity index (χ1) is 19.4. The minimum atomic E-state index is -0.872. The van der Waals surface area contributed by atoms with Gasteiger partial charge in [-0.15, -0.1) is 5.10 Å². The van der Waals surface area contributed by atoms with Gasteiger partial charge in [0.2, 0.25) is 0 Å². The van der Waals surface area contributed by atoms with Crippen molar-refractivity contribution in [3.8, 4) is 28.1 Å². The number of aromatic amines is 2. The van der Waals surface area contributed by atoms with Crippen LogP contribution < -0.4 is 5.56 Å². The normalized spacial score (nSPS) is 14.6. The summed E-state index contributed by atoms with van der Waals surface area (Å²) in [5, 5.41) is 22.0. The second-order valence-corrected chi connectivity index (χ2v) is 10.2. The number of H-pyrrole nitrogens is 2. The fourth-order valence-corrected chi connectivity index (χ4v) is 5.71. The number of hydrogen-bond donors (Lipinski definition) is 3. The summed E-state index contributed by atoms with van der Waals surface area (Å²) in [5.41, 5.74) is 6.31. The monoisotopic (exact) mass is 552 g/mol. The first-order valence-electron chi connectivity index (χ1n) is 12.6. The molecule has 0 aliphatic carbocycles. The number of aryl methyl sites for hydroxylation is 1. The number of rotatable bonds is 6. The average Bonchev–Trinajstić information content (AvgIpc) is 3.75. The molecule has 1 aliphatic heterocycles. The van der Waals surface area contributed by atoms with Gasteiger partial charge in [-0.05, 0) is 64.7 Å². The number of carbonyl (C=O) groups is 1. The molecule has 6 aromatic rings. The van der Waals surface area contributed by atoms with Crippen molar-refractivity contribution in [2.24, 2.45) is 0 Å². The minimum absolute atomic E-state index is 0.0403. The van der Waals surface area contributed by atoms with Crippen LogP contribution in [0.4, 0.5) is 0 Å². The molecule has 5 heterocycles. The number of imidazole rings is 1. The van der Waals surface area contributed by atoms with Crippen LogP contribution in [0.1, 0.15) is 29.5 Å². The van der Waals surface area contributed by atoms with E-state index in [1.54, 1.807) is 39.8 Å². The number of nitrogens with zero attached hydrogens (tertiary/aromatic N) is 6. The number of halogens is 1. The summed E-state index contributed by atoms with van der Waals surface area (Å²) in [6.07, 6.45) is 6.40. The van der Waals surface area contributed by atoms with Gasteiger partial charge < -0.3 is 19.6 Å². The number of nitrogens with one attached hydrogen (secondary N) is 2. The molecule has 11 nitrogen and oxygen atoms in total. The van der Waals surface area contributed by atoms with Crippen molar-refractivity contribution in [1.29, 1.82) is 0 Å². The van der Waals surface area contributed by atoms with Gasteiger partial charge in [0.05, 0.1) is 30.0 Å². The van der Waals surface area contributed by atoms with Gasteiger partial charge in [0, 0.05) is 45.0 Å². The maximum absolute atomic E-state index is 13.5. The van der Waals surface area contributed by atoms with Crippen molar-refractivity contribution in [2.45, 2.75) is 25.3 Å². The average molecular weight is 553 g/mol. The first kappa shape index (κ1) is 24.0. The van der Waals surface area contributed by atoms with E-state index in [1.165, 1.54) is 6.33 Å².